The van der Waals surface area contributed by atoms with E-state index in [0.29, 0.717) is 0 Å². The van der Waals surface area contributed by atoms with E-state index in [2.05, 4.69) is 28.3 Å². The highest BCUT2D eigenvalue weighted by atomic mass is 15.2. The molecule has 0 bridgehead atoms. The van der Waals surface area contributed by atoms with E-state index in [1.54, 1.807) is 0 Å². The third-order valence-electron chi connectivity index (χ3n) is 3.86. The van der Waals surface area contributed by atoms with E-state index in [4.69, 9.17) is 0 Å². The summed E-state index contributed by atoms with van der Waals surface area (Å²) in [4.78, 5) is 9.29. The zero-order valence-electron chi connectivity index (χ0n) is 14.2. The number of aromatic nitrogens is 4. The predicted molar refractivity (Wildman–Crippen MR) is 88.1 cm³/mol. The Morgan fingerprint density at radius 1 is 0.591 bits per heavy atom. The maximum atomic E-state index is 4.64. The highest BCUT2D eigenvalue weighted by Gasteiger charge is 1.94. The summed E-state index contributed by atoms with van der Waals surface area (Å²) in [5, 5.41) is 0. The first-order chi connectivity index (χ1) is 10.6. The molecule has 2 aromatic rings. The van der Waals surface area contributed by atoms with E-state index in [1.165, 1.54) is 12.8 Å². The molecule has 0 unspecified atom stereocenters. The number of aryl methyl sites for hydroxylation is 4. The Morgan fingerprint density at radius 3 is 1.23 bits per heavy atom. The van der Waals surface area contributed by atoms with Crippen molar-refractivity contribution >= 4 is 0 Å². The molecule has 0 spiro atoms. The SMILES string of the molecule is Cn1ccn(C)c1=NCCCCCCN=c1n(C)ccn1C. The fourth-order valence-corrected chi connectivity index (χ4v) is 2.55. The molecule has 122 valence electrons. The second-order valence-corrected chi connectivity index (χ2v) is 5.82. The maximum Gasteiger partial charge on any atom is 0.204 e. The lowest BCUT2D eigenvalue weighted by molar-refractivity contribution is 0.622. The van der Waals surface area contributed by atoms with Crippen LogP contribution < -0.4 is 11.2 Å². The van der Waals surface area contributed by atoms with Crippen LogP contribution in [0.2, 0.25) is 0 Å². The largest absolute Gasteiger partial charge is 0.321 e. The van der Waals surface area contributed by atoms with Crippen LogP contribution in [0.1, 0.15) is 25.7 Å². The zero-order chi connectivity index (χ0) is 15.9. The molecular weight excluding hydrogens is 276 g/mol. The molecule has 2 aromatic heterocycles. The van der Waals surface area contributed by atoms with Crippen molar-refractivity contribution in [3.8, 4) is 0 Å². The number of hydrogen-bond donors (Lipinski definition) is 0. The number of nitrogens with zero attached hydrogens (tertiary/aromatic N) is 6. The second kappa shape index (κ2) is 7.87. The molecule has 0 radical (unpaired) electrons. The monoisotopic (exact) mass is 304 g/mol. The van der Waals surface area contributed by atoms with Crippen molar-refractivity contribution in [2.45, 2.75) is 25.7 Å². The van der Waals surface area contributed by atoms with Gasteiger partial charge in [-0.3, -0.25) is 9.98 Å². The minimum atomic E-state index is 0.898. The molecule has 0 atom stereocenters. The van der Waals surface area contributed by atoms with Crippen LogP contribution in [0.15, 0.2) is 34.8 Å². The number of rotatable bonds is 7. The number of hydrogen-bond acceptors (Lipinski definition) is 2. The van der Waals surface area contributed by atoms with Gasteiger partial charge < -0.3 is 18.3 Å². The van der Waals surface area contributed by atoms with E-state index in [1.807, 2.05) is 53.0 Å². The number of imidazole rings is 2. The smallest absolute Gasteiger partial charge is 0.204 e. The van der Waals surface area contributed by atoms with Gasteiger partial charge in [-0.15, -0.1) is 0 Å². The fraction of sp³-hybridized carbons (Fsp3) is 0.625. The molecule has 0 aliphatic heterocycles. The molecule has 0 aliphatic rings. The lowest BCUT2D eigenvalue weighted by Crippen LogP contribution is -2.22. The van der Waals surface area contributed by atoms with Gasteiger partial charge in [0.1, 0.15) is 0 Å². The third-order valence-corrected chi connectivity index (χ3v) is 3.86. The van der Waals surface area contributed by atoms with Crippen molar-refractivity contribution in [2.75, 3.05) is 13.1 Å². The first-order valence-electron chi connectivity index (χ1n) is 7.96. The Labute approximate surface area is 132 Å². The molecule has 0 aromatic carbocycles. The van der Waals surface area contributed by atoms with Crippen LogP contribution in [0, 0.1) is 0 Å². The highest BCUT2D eigenvalue weighted by molar-refractivity contribution is 4.78. The van der Waals surface area contributed by atoms with E-state index in [9.17, 15) is 0 Å². The van der Waals surface area contributed by atoms with E-state index < -0.39 is 0 Å². The van der Waals surface area contributed by atoms with Gasteiger partial charge in [0.25, 0.3) is 0 Å². The van der Waals surface area contributed by atoms with Crippen molar-refractivity contribution < 1.29 is 0 Å². The lowest BCUT2D eigenvalue weighted by atomic mass is 10.2. The van der Waals surface area contributed by atoms with Gasteiger partial charge in [-0.1, -0.05) is 12.8 Å². The van der Waals surface area contributed by atoms with E-state index >= 15 is 0 Å². The van der Waals surface area contributed by atoms with Crippen LogP contribution in [-0.2, 0) is 28.2 Å². The minimum Gasteiger partial charge on any atom is -0.321 e. The second-order valence-electron chi connectivity index (χ2n) is 5.82. The Hall–Kier alpha value is -1.98. The average molecular weight is 304 g/mol. The Morgan fingerprint density at radius 2 is 0.909 bits per heavy atom. The molecular formula is C16H28N6. The topological polar surface area (TPSA) is 44.4 Å². The summed E-state index contributed by atoms with van der Waals surface area (Å²) in [6.07, 6.45) is 12.8. The fourth-order valence-electron chi connectivity index (χ4n) is 2.55. The van der Waals surface area contributed by atoms with Gasteiger partial charge in [0, 0.05) is 66.1 Å². The van der Waals surface area contributed by atoms with Gasteiger partial charge >= 0.3 is 0 Å². The van der Waals surface area contributed by atoms with Gasteiger partial charge in [-0.2, -0.15) is 0 Å². The van der Waals surface area contributed by atoms with E-state index in [-0.39, 0.29) is 0 Å². The summed E-state index contributed by atoms with van der Waals surface area (Å²) in [7, 11) is 8.13. The van der Waals surface area contributed by atoms with Crippen LogP contribution in [0.3, 0.4) is 0 Å². The molecule has 22 heavy (non-hydrogen) atoms. The molecule has 0 fully saturated rings. The first kappa shape index (κ1) is 16.4. The molecule has 2 rings (SSSR count). The van der Waals surface area contributed by atoms with Crippen molar-refractivity contribution in [3.63, 3.8) is 0 Å². The predicted octanol–water partition coefficient (Wildman–Crippen LogP) is 1.10. The van der Waals surface area contributed by atoms with Crippen molar-refractivity contribution in [1.29, 1.82) is 0 Å². The Kier molecular flexibility index (Phi) is 5.86. The molecule has 6 nitrogen and oxygen atoms in total. The van der Waals surface area contributed by atoms with Gasteiger partial charge in [0.2, 0.25) is 11.2 Å². The molecule has 2 heterocycles. The molecule has 0 amide bonds. The summed E-state index contributed by atoms with van der Waals surface area (Å²) in [5.41, 5.74) is 2.07. The summed E-state index contributed by atoms with van der Waals surface area (Å²) >= 11 is 0. The molecule has 0 saturated carbocycles. The summed E-state index contributed by atoms with van der Waals surface area (Å²) in [6.45, 7) is 1.80. The molecule has 0 saturated heterocycles. The standard InChI is InChI=1S/C16H28N6/c1-19-11-12-20(2)15(19)17-9-7-5-6-8-10-18-16-21(3)13-14-22(16)4/h11-14H,5-10H2,1-4H3. The van der Waals surface area contributed by atoms with Crippen LogP contribution in [0.5, 0.6) is 0 Å². The van der Waals surface area contributed by atoms with Gasteiger partial charge in [-0.05, 0) is 12.8 Å². The average Bonchev–Trinajstić information content (AvgIpc) is 2.98. The van der Waals surface area contributed by atoms with Crippen LogP contribution in [0.25, 0.3) is 0 Å². The van der Waals surface area contributed by atoms with E-state index in [0.717, 1.165) is 37.2 Å². The summed E-state index contributed by atoms with van der Waals surface area (Å²) in [5.74, 6) is 0. The van der Waals surface area contributed by atoms with Crippen LogP contribution in [0.4, 0.5) is 0 Å². The van der Waals surface area contributed by atoms with Gasteiger partial charge in [-0.25, -0.2) is 0 Å². The Bertz CT molecular complexity index is 602. The Balaban J connectivity index is 1.67. The normalized spacial score (nSPS) is 10.9. The van der Waals surface area contributed by atoms with Crippen molar-refractivity contribution in [2.24, 2.45) is 38.2 Å². The third kappa shape index (κ3) is 4.26. The lowest BCUT2D eigenvalue weighted by Gasteiger charge is -1.99. The van der Waals surface area contributed by atoms with Crippen LogP contribution in [-0.4, -0.2) is 31.4 Å². The molecule has 0 aliphatic carbocycles. The minimum absolute atomic E-state index is 0.898. The van der Waals surface area contributed by atoms with Gasteiger partial charge in [0.15, 0.2) is 0 Å². The van der Waals surface area contributed by atoms with Crippen molar-refractivity contribution in [3.05, 3.63) is 36.0 Å². The summed E-state index contributed by atoms with van der Waals surface area (Å²) in [6, 6.07) is 0. The van der Waals surface area contributed by atoms with Gasteiger partial charge in [0.05, 0.1) is 0 Å². The van der Waals surface area contributed by atoms with Crippen molar-refractivity contribution in [1.82, 2.24) is 18.3 Å². The zero-order valence-corrected chi connectivity index (χ0v) is 14.2. The first-order valence-corrected chi connectivity index (χ1v) is 7.96. The quantitative estimate of drug-likeness (QED) is 0.688. The molecule has 6 heteroatoms. The number of unbranched alkanes of at least 4 members (excludes halogenated alkanes) is 3. The maximum absolute atomic E-state index is 4.64. The highest BCUT2D eigenvalue weighted by Crippen LogP contribution is 1.99. The van der Waals surface area contributed by atoms with Crippen LogP contribution >= 0.6 is 0 Å². The molecule has 0 N–H and O–H groups in total. The summed E-state index contributed by atoms with van der Waals surface area (Å²) < 4.78 is 8.22.